The van der Waals surface area contributed by atoms with Crippen LogP contribution in [-0.4, -0.2) is 17.5 Å². The van der Waals surface area contributed by atoms with Gasteiger partial charge < -0.3 is 5.11 Å². The molecular weight excluding hydrogens is 152 g/mol. The number of allylic oxidation sites excluding steroid dienone is 1. The molecule has 2 nitrogen and oxygen atoms in total. The van der Waals surface area contributed by atoms with Gasteiger partial charge >= 0.3 is 0 Å². The molecule has 68 valence electrons. The fourth-order valence-corrected chi connectivity index (χ4v) is 1.87. The van der Waals surface area contributed by atoms with Gasteiger partial charge in [0.2, 0.25) is 0 Å². The Morgan fingerprint density at radius 2 is 2.08 bits per heavy atom. The van der Waals surface area contributed by atoms with Crippen molar-refractivity contribution < 1.29 is 9.90 Å². The second kappa shape index (κ2) is 2.70. The SMILES string of the molecule is C=C(C)C(=O)[C@H]1[C@H](CO)C1(C)C. The highest BCUT2D eigenvalue weighted by Gasteiger charge is 2.60. The molecule has 1 aliphatic carbocycles. The van der Waals surface area contributed by atoms with Gasteiger partial charge in [0.05, 0.1) is 0 Å². The van der Waals surface area contributed by atoms with Gasteiger partial charge in [-0.15, -0.1) is 0 Å². The van der Waals surface area contributed by atoms with Crippen molar-refractivity contribution in [3.8, 4) is 0 Å². The van der Waals surface area contributed by atoms with Gasteiger partial charge in [-0.1, -0.05) is 20.4 Å². The Morgan fingerprint density at radius 1 is 1.58 bits per heavy atom. The zero-order valence-electron chi connectivity index (χ0n) is 7.92. The molecule has 1 rings (SSSR count). The Hall–Kier alpha value is -0.630. The summed E-state index contributed by atoms with van der Waals surface area (Å²) in [5, 5.41) is 8.96. The lowest BCUT2D eigenvalue weighted by Crippen LogP contribution is -2.06. The molecule has 2 heteroatoms. The summed E-state index contributed by atoms with van der Waals surface area (Å²) in [4.78, 5) is 11.5. The molecule has 12 heavy (non-hydrogen) atoms. The number of rotatable bonds is 3. The maximum atomic E-state index is 11.5. The van der Waals surface area contributed by atoms with Crippen LogP contribution in [0.15, 0.2) is 12.2 Å². The van der Waals surface area contributed by atoms with Crippen LogP contribution in [-0.2, 0) is 4.79 Å². The van der Waals surface area contributed by atoms with Crippen LogP contribution in [0, 0.1) is 17.3 Å². The Labute approximate surface area is 73.3 Å². The minimum absolute atomic E-state index is 0.000000000000000444. The van der Waals surface area contributed by atoms with Gasteiger partial charge in [0.25, 0.3) is 0 Å². The van der Waals surface area contributed by atoms with Gasteiger partial charge in [0.1, 0.15) is 0 Å². The van der Waals surface area contributed by atoms with Crippen molar-refractivity contribution in [3.63, 3.8) is 0 Å². The third-order valence-electron chi connectivity index (χ3n) is 2.95. The third-order valence-corrected chi connectivity index (χ3v) is 2.95. The highest BCUT2D eigenvalue weighted by molar-refractivity contribution is 5.98. The minimum atomic E-state index is -0.0230. The average molecular weight is 168 g/mol. The summed E-state index contributed by atoms with van der Waals surface area (Å²) in [6.45, 7) is 9.48. The van der Waals surface area contributed by atoms with Gasteiger partial charge in [-0.2, -0.15) is 0 Å². The number of carbonyl (C=O) groups excluding carboxylic acids is 1. The number of aliphatic hydroxyl groups excluding tert-OH is 1. The van der Waals surface area contributed by atoms with Crippen molar-refractivity contribution in [1.29, 1.82) is 0 Å². The van der Waals surface area contributed by atoms with E-state index in [1.54, 1.807) is 6.92 Å². The predicted molar refractivity (Wildman–Crippen MR) is 47.7 cm³/mol. The first-order valence-electron chi connectivity index (χ1n) is 4.23. The number of hydrogen-bond donors (Lipinski definition) is 1. The summed E-state index contributed by atoms with van der Waals surface area (Å²) >= 11 is 0. The molecule has 0 spiro atoms. The zero-order valence-corrected chi connectivity index (χ0v) is 7.92. The van der Waals surface area contributed by atoms with Gasteiger partial charge in [-0.25, -0.2) is 0 Å². The maximum absolute atomic E-state index is 11.5. The van der Waals surface area contributed by atoms with Crippen molar-refractivity contribution in [2.24, 2.45) is 17.3 Å². The topological polar surface area (TPSA) is 37.3 Å². The van der Waals surface area contributed by atoms with E-state index < -0.39 is 0 Å². The number of hydrogen-bond acceptors (Lipinski definition) is 2. The second-order valence-electron chi connectivity index (χ2n) is 4.23. The third kappa shape index (κ3) is 1.20. The summed E-state index contributed by atoms with van der Waals surface area (Å²) < 4.78 is 0. The highest BCUT2D eigenvalue weighted by Crippen LogP contribution is 2.58. The van der Waals surface area contributed by atoms with E-state index in [0.717, 1.165) is 0 Å². The molecule has 0 unspecified atom stereocenters. The van der Waals surface area contributed by atoms with Crippen molar-refractivity contribution >= 4 is 5.78 Å². The molecular formula is C10H16O2. The smallest absolute Gasteiger partial charge is 0.161 e. The Kier molecular flexibility index (Phi) is 2.13. The predicted octanol–water partition coefficient (Wildman–Crippen LogP) is 1.40. The van der Waals surface area contributed by atoms with Crippen LogP contribution in [0.25, 0.3) is 0 Å². The van der Waals surface area contributed by atoms with E-state index in [2.05, 4.69) is 6.58 Å². The van der Waals surface area contributed by atoms with Crippen molar-refractivity contribution in [3.05, 3.63) is 12.2 Å². The first kappa shape index (κ1) is 9.46. The molecule has 1 fully saturated rings. The van der Waals surface area contributed by atoms with Crippen LogP contribution in [0.2, 0.25) is 0 Å². The lowest BCUT2D eigenvalue weighted by atomic mass is 10.0. The zero-order chi connectivity index (χ0) is 9.52. The van der Waals surface area contributed by atoms with E-state index in [0.29, 0.717) is 5.57 Å². The number of Topliss-reactive ketones (excluding diaryl/α,β-unsaturated/α-hetero) is 1. The lowest BCUT2D eigenvalue weighted by molar-refractivity contribution is -0.117. The molecule has 0 radical (unpaired) electrons. The number of aliphatic hydroxyl groups is 1. The van der Waals surface area contributed by atoms with E-state index in [1.165, 1.54) is 0 Å². The van der Waals surface area contributed by atoms with Crippen LogP contribution >= 0.6 is 0 Å². The van der Waals surface area contributed by atoms with Gasteiger partial charge in [0, 0.05) is 12.5 Å². The highest BCUT2D eigenvalue weighted by atomic mass is 16.3. The normalized spacial score (nSPS) is 31.3. The molecule has 0 aromatic rings. The number of carbonyl (C=O) groups is 1. The standard InChI is InChI=1S/C10H16O2/c1-6(2)9(12)8-7(5-11)10(8,3)4/h7-8,11H,1,5H2,2-4H3/t7-,8+/m0/s1. The van der Waals surface area contributed by atoms with Crippen LogP contribution < -0.4 is 0 Å². The average Bonchev–Trinajstić information content (AvgIpc) is 2.50. The molecule has 1 N–H and O–H groups in total. The van der Waals surface area contributed by atoms with Gasteiger partial charge in [-0.05, 0) is 23.8 Å². The lowest BCUT2D eigenvalue weighted by Gasteiger charge is -2.00. The first-order valence-corrected chi connectivity index (χ1v) is 4.23. The van der Waals surface area contributed by atoms with E-state index in [-0.39, 0.29) is 29.6 Å². The van der Waals surface area contributed by atoms with Gasteiger partial charge in [0.15, 0.2) is 5.78 Å². The van der Waals surface area contributed by atoms with Crippen LogP contribution in [0.5, 0.6) is 0 Å². The summed E-state index contributed by atoms with van der Waals surface area (Å²) in [6.07, 6.45) is 0. The summed E-state index contributed by atoms with van der Waals surface area (Å²) in [5.74, 6) is 0.251. The Balaban J connectivity index is 2.70. The molecule has 0 aromatic carbocycles. The van der Waals surface area contributed by atoms with Gasteiger partial charge in [-0.3, -0.25) is 4.79 Å². The summed E-state index contributed by atoms with van der Waals surface area (Å²) in [6, 6.07) is 0. The van der Waals surface area contributed by atoms with Crippen LogP contribution in [0.3, 0.4) is 0 Å². The van der Waals surface area contributed by atoms with E-state index in [1.807, 2.05) is 13.8 Å². The Morgan fingerprint density at radius 3 is 2.33 bits per heavy atom. The van der Waals surface area contributed by atoms with E-state index in [4.69, 9.17) is 5.11 Å². The molecule has 0 amide bonds. The molecule has 0 heterocycles. The van der Waals surface area contributed by atoms with Crippen LogP contribution in [0.4, 0.5) is 0 Å². The largest absolute Gasteiger partial charge is 0.396 e. The van der Waals surface area contributed by atoms with E-state index >= 15 is 0 Å². The quantitative estimate of drug-likeness (QED) is 0.647. The molecule has 1 aliphatic rings. The molecule has 0 aromatic heterocycles. The monoisotopic (exact) mass is 168 g/mol. The minimum Gasteiger partial charge on any atom is -0.396 e. The van der Waals surface area contributed by atoms with Crippen molar-refractivity contribution in [2.75, 3.05) is 6.61 Å². The van der Waals surface area contributed by atoms with Crippen molar-refractivity contribution in [1.82, 2.24) is 0 Å². The fraction of sp³-hybridized carbons (Fsp3) is 0.700. The Bertz CT molecular complexity index is 228. The molecule has 1 saturated carbocycles. The first-order chi connectivity index (χ1) is 5.42. The maximum Gasteiger partial charge on any atom is 0.161 e. The van der Waals surface area contributed by atoms with Crippen molar-refractivity contribution in [2.45, 2.75) is 20.8 Å². The van der Waals surface area contributed by atoms with Crippen LogP contribution in [0.1, 0.15) is 20.8 Å². The second-order valence-corrected chi connectivity index (χ2v) is 4.23. The summed E-state index contributed by atoms with van der Waals surface area (Å²) in [7, 11) is 0. The summed E-state index contributed by atoms with van der Waals surface area (Å²) in [5.41, 5.74) is 0.578. The van der Waals surface area contributed by atoms with E-state index in [9.17, 15) is 4.79 Å². The fourth-order valence-electron chi connectivity index (χ4n) is 1.87. The molecule has 0 saturated heterocycles. The number of ketones is 1. The molecule has 2 atom stereocenters. The molecule has 0 bridgehead atoms. The molecule has 0 aliphatic heterocycles.